The van der Waals surface area contributed by atoms with Gasteiger partial charge in [-0.2, -0.15) is 0 Å². The third kappa shape index (κ3) is 2.26. The van der Waals surface area contributed by atoms with Gasteiger partial charge in [0.25, 0.3) is 0 Å². The molecule has 1 aliphatic heterocycles. The van der Waals surface area contributed by atoms with E-state index in [-0.39, 0.29) is 17.0 Å². The zero-order chi connectivity index (χ0) is 18.8. The van der Waals surface area contributed by atoms with E-state index < -0.39 is 0 Å². The van der Waals surface area contributed by atoms with Crippen LogP contribution >= 0.6 is 0 Å². The maximum absolute atomic E-state index is 12.1. The number of carbonyl (C=O) groups is 2. The highest BCUT2D eigenvalue weighted by molar-refractivity contribution is 5.91. The van der Waals surface area contributed by atoms with Crippen LogP contribution in [0.25, 0.3) is 0 Å². The van der Waals surface area contributed by atoms with Gasteiger partial charge in [0.1, 0.15) is 5.60 Å². The molecule has 146 valence electrons. The summed E-state index contributed by atoms with van der Waals surface area (Å²) in [7, 11) is 0. The number of hydrogen-bond donors (Lipinski definition) is 0. The molecule has 27 heavy (non-hydrogen) atoms. The van der Waals surface area contributed by atoms with Crippen LogP contribution in [0.4, 0.5) is 0 Å². The highest BCUT2D eigenvalue weighted by Gasteiger charge is 2.68. The van der Waals surface area contributed by atoms with Gasteiger partial charge in [-0.15, -0.1) is 6.58 Å². The quantitative estimate of drug-likeness (QED) is 0.508. The molecule has 4 aliphatic carbocycles. The van der Waals surface area contributed by atoms with Gasteiger partial charge in [0, 0.05) is 18.3 Å². The first-order chi connectivity index (χ1) is 13.0. The number of hydrogen-bond acceptors (Lipinski definition) is 3. The standard InChI is InChI=1S/C24H32O3/c1-3-15-13-16-14-17(25)5-6-18(16)19-7-10-23(4-2)20(22(15)19)8-11-24(23)12-9-21(26)27-24/h3,14-15,18-20,22H,1,4-13H2,2H3/t15-,18+,19-,20+,22-,23+,24-/m1/s1. The fourth-order valence-electron chi connectivity index (χ4n) is 8.36. The van der Waals surface area contributed by atoms with Gasteiger partial charge in [0.2, 0.25) is 0 Å². The number of allylic oxidation sites excluding steroid dienone is 2. The molecular weight excluding hydrogens is 336 g/mol. The number of ketones is 1. The first-order valence-corrected chi connectivity index (χ1v) is 11.1. The minimum Gasteiger partial charge on any atom is -0.458 e. The molecule has 1 saturated heterocycles. The molecule has 0 aromatic carbocycles. The number of esters is 1. The van der Waals surface area contributed by atoms with E-state index in [0.717, 1.165) is 38.5 Å². The molecule has 0 unspecified atom stereocenters. The van der Waals surface area contributed by atoms with Gasteiger partial charge in [-0.3, -0.25) is 9.59 Å². The lowest BCUT2D eigenvalue weighted by atomic mass is 9.47. The summed E-state index contributed by atoms with van der Waals surface area (Å²) in [6.07, 6.45) is 14.2. The third-order valence-electron chi connectivity index (χ3n) is 9.34. The SMILES string of the molecule is C=C[C@@H]1CC2=CC(=O)CC[C@@H]2[C@H]2CC[C@@]3(CC)[C@@H](CC[C@@]34CCC(=O)O4)[C@@H]21. The van der Waals surface area contributed by atoms with Crippen LogP contribution in [0, 0.1) is 35.0 Å². The summed E-state index contributed by atoms with van der Waals surface area (Å²) in [6.45, 7) is 6.52. The van der Waals surface area contributed by atoms with Crippen molar-refractivity contribution in [1.29, 1.82) is 0 Å². The largest absolute Gasteiger partial charge is 0.458 e. The summed E-state index contributed by atoms with van der Waals surface area (Å²) in [5.41, 5.74) is 1.37. The summed E-state index contributed by atoms with van der Waals surface area (Å²) in [4.78, 5) is 24.1. The van der Waals surface area contributed by atoms with E-state index in [0.29, 0.717) is 41.8 Å². The molecule has 0 aromatic rings. The Morgan fingerprint density at radius 2 is 2.04 bits per heavy atom. The summed E-state index contributed by atoms with van der Waals surface area (Å²) < 4.78 is 6.12. The molecule has 0 amide bonds. The van der Waals surface area contributed by atoms with E-state index in [2.05, 4.69) is 19.6 Å². The van der Waals surface area contributed by atoms with Gasteiger partial charge >= 0.3 is 5.97 Å². The fraction of sp³-hybridized carbons (Fsp3) is 0.750. The number of carbonyl (C=O) groups excluding carboxylic acids is 2. The maximum atomic E-state index is 12.1. The molecule has 3 nitrogen and oxygen atoms in total. The van der Waals surface area contributed by atoms with Crippen molar-refractivity contribution in [2.45, 2.75) is 76.7 Å². The minimum atomic E-state index is -0.196. The van der Waals surface area contributed by atoms with Gasteiger partial charge in [0.05, 0.1) is 0 Å². The lowest BCUT2D eigenvalue weighted by Gasteiger charge is -2.58. The van der Waals surface area contributed by atoms with Crippen LogP contribution in [0.2, 0.25) is 0 Å². The molecule has 7 atom stereocenters. The Balaban J connectivity index is 1.54. The Kier molecular flexibility index (Phi) is 3.97. The zero-order valence-corrected chi connectivity index (χ0v) is 16.5. The van der Waals surface area contributed by atoms with Crippen molar-refractivity contribution in [3.05, 3.63) is 24.3 Å². The van der Waals surface area contributed by atoms with Crippen molar-refractivity contribution < 1.29 is 14.3 Å². The average Bonchev–Trinajstić information content (AvgIpc) is 3.21. The molecular formula is C24H32O3. The van der Waals surface area contributed by atoms with Gasteiger partial charge in [-0.25, -0.2) is 0 Å². The second-order valence-corrected chi connectivity index (χ2v) is 9.84. The van der Waals surface area contributed by atoms with E-state index in [1.807, 2.05) is 6.08 Å². The van der Waals surface area contributed by atoms with Gasteiger partial charge in [0.15, 0.2) is 5.78 Å². The van der Waals surface area contributed by atoms with Crippen LogP contribution in [0.15, 0.2) is 24.3 Å². The van der Waals surface area contributed by atoms with Crippen LogP contribution in [-0.4, -0.2) is 17.4 Å². The highest BCUT2D eigenvalue weighted by atomic mass is 16.6. The van der Waals surface area contributed by atoms with Crippen LogP contribution in [0.5, 0.6) is 0 Å². The van der Waals surface area contributed by atoms with Crippen molar-refractivity contribution in [2.75, 3.05) is 0 Å². The Bertz CT molecular complexity index is 721. The summed E-state index contributed by atoms with van der Waals surface area (Å²) in [5, 5.41) is 0. The lowest BCUT2D eigenvalue weighted by molar-refractivity contribution is -0.171. The fourth-order valence-corrected chi connectivity index (χ4v) is 8.36. The first-order valence-electron chi connectivity index (χ1n) is 11.1. The maximum Gasteiger partial charge on any atom is 0.306 e. The predicted octanol–water partition coefficient (Wildman–Crippen LogP) is 5.01. The highest BCUT2D eigenvalue weighted by Crippen LogP contribution is 2.69. The molecule has 3 saturated carbocycles. The van der Waals surface area contributed by atoms with Crippen molar-refractivity contribution >= 4 is 11.8 Å². The first kappa shape index (κ1) is 17.7. The second kappa shape index (κ2) is 6.06. The number of rotatable bonds is 2. The smallest absolute Gasteiger partial charge is 0.306 e. The van der Waals surface area contributed by atoms with E-state index in [1.165, 1.54) is 24.8 Å². The summed E-state index contributed by atoms with van der Waals surface area (Å²) in [5.74, 6) is 3.36. The average molecular weight is 369 g/mol. The number of ether oxygens (including phenoxy) is 1. The van der Waals surface area contributed by atoms with E-state index >= 15 is 0 Å². The van der Waals surface area contributed by atoms with E-state index in [4.69, 9.17) is 4.74 Å². The molecule has 4 fully saturated rings. The van der Waals surface area contributed by atoms with Crippen LogP contribution in [0.3, 0.4) is 0 Å². The van der Waals surface area contributed by atoms with Gasteiger partial charge < -0.3 is 4.74 Å². The van der Waals surface area contributed by atoms with E-state index in [1.54, 1.807) is 0 Å². The summed E-state index contributed by atoms with van der Waals surface area (Å²) in [6, 6.07) is 0. The monoisotopic (exact) mass is 368 g/mol. The van der Waals surface area contributed by atoms with Crippen LogP contribution in [0.1, 0.15) is 71.1 Å². The molecule has 0 aromatic heterocycles. The number of fused-ring (bicyclic) bond motifs is 6. The molecule has 1 spiro atoms. The third-order valence-corrected chi connectivity index (χ3v) is 9.34. The normalized spacial score (nSPS) is 48.5. The van der Waals surface area contributed by atoms with Crippen LogP contribution in [-0.2, 0) is 14.3 Å². The molecule has 5 rings (SSSR count). The lowest BCUT2D eigenvalue weighted by Crippen LogP contribution is -2.55. The Labute approximate surface area is 162 Å². The topological polar surface area (TPSA) is 43.4 Å². The predicted molar refractivity (Wildman–Crippen MR) is 104 cm³/mol. The molecule has 1 heterocycles. The van der Waals surface area contributed by atoms with Gasteiger partial charge in [-0.1, -0.05) is 18.6 Å². The molecule has 5 aliphatic rings. The van der Waals surface area contributed by atoms with Crippen molar-refractivity contribution in [3.63, 3.8) is 0 Å². The minimum absolute atomic E-state index is 0.0190. The summed E-state index contributed by atoms with van der Waals surface area (Å²) >= 11 is 0. The van der Waals surface area contributed by atoms with Crippen LogP contribution < -0.4 is 0 Å². The molecule has 0 bridgehead atoms. The second-order valence-electron chi connectivity index (χ2n) is 9.84. The van der Waals surface area contributed by atoms with Gasteiger partial charge in [-0.05, 0) is 87.0 Å². The zero-order valence-electron chi connectivity index (χ0n) is 16.5. The van der Waals surface area contributed by atoms with Crippen molar-refractivity contribution in [3.8, 4) is 0 Å². The van der Waals surface area contributed by atoms with Crippen molar-refractivity contribution in [2.24, 2.45) is 35.0 Å². The Morgan fingerprint density at radius 1 is 1.19 bits per heavy atom. The Morgan fingerprint density at radius 3 is 2.74 bits per heavy atom. The Hall–Kier alpha value is -1.38. The van der Waals surface area contributed by atoms with E-state index in [9.17, 15) is 9.59 Å². The molecule has 3 heteroatoms. The molecule has 0 N–H and O–H groups in total. The molecule has 0 radical (unpaired) electrons. The van der Waals surface area contributed by atoms with Crippen molar-refractivity contribution in [1.82, 2.24) is 0 Å².